The number of benzene rings is 4. The average Bonchev–Trinajstić information content (AvgIpc) is 3.25. The minimum Gasteiger partial charge on any atom is -0.372 e. The van der Waals surface area contributed by atoms with Gasteiger partial charge < -0.3 is 14.7 Å². The van der Waals surface area contributed by atoms with Crippen LogP contribution in [0.15, 0.2) is 72.8 Å². The number of rotatable bonds is 12. The molecule has 3 heterocycles. The highest BCUT2D eigenvalue weighted by Crippen LogP contribution is 2.46. The summed E-state index contributed by atoms with van der Waals surface area (Å²) in [5.41, 5.74) is 2.11. The summed E-state index contributed by atoms with van der Waals surface area (Å²) < 4.78 is 0. The van der Waals surface area contributed by atoms with Crippen LogP contribution in [-0.2, 0) is 0 Å². The van der Waals surface area contributed by atoms with Crippen LogP contribution in [0.2, 0.25) is 0 Å². The van der Waals surface area contributed by atoms with Crippen LogP contribution in [-0.4, -0.2) is 54.0 Å². The fourth-order valence-corrected chi connectivity index (χ4v) is 8.22. The summed E-state index contributed by atoms with van der Waals surface area (Å²) in [6, 6.07) is 23.0. The Morgan fingerprint density at radius 3 is 0.789 bits per heavy atom. The smallest absolute Gasteiger partial charge is 0.297 e. The molecule has 12 heteroatoms. The van der Waals surface area contributed by atoms with Crippen molar-refractivity contribution in [3.63, 3.8) is 0 Å². The summed E-state index contributed by atoms with van der Waals surface area (Å²) in [7, 11) is 0. The maximum absolute atomic E-state index is 13.0. The van der Waals surface area contributed by atoms with Gasteiger partial charge in [0.25, 0.3) is 17.1 Å². The minimum atomic E-state index is -0.759. The van der Waals surface area contributed by atoms with Crippen LogP contribution in [0.4, 0.5) is 34.1 Å². The third-order valence-electron chi connectivity index (χ3n) is 11.2. The van der Waals surface area contributed by atoms with E-state index in [4.69, 9.17) is 0 Å². The van der Waals surface area contributed by atoms with Gasteiger partial charge in [-0.15, -0.1) is 0 Å². The molecule has 0 radical (unpaired) electrons. The molecule has 12 nitrogen and oxygen atoms in total. The number of anilines is 3. The van der Waals surface area contributed by atoms with Crippen LogP contribution in [0.1, 0.15) is 91.2 Å². The molecular formula is C45H48N6O6. The van der Waals surface area contributed by atoms with Gasteiger partial charge in [-0.05, 0) is 129 Å². The first-order chi connectivity index (χ1) is 27.8. The molecule has 4 aromatic rings. The standard InChI is InChI=1S/C45H48N6O6/c52-49(53)43-40(25-16-34-10-19-37(20-11-34)46-28-4-1-5-29-46)44(50(54)55)42(27-18-36-14-23-39(24-15-36)48-32-8-3-9-33-48)45(51(56)57)41(43)26-17-35-12-21-38(22-13-35)47-30-6-2-7-31-47/h10-27H,1-9,28-33H2/b25-16+,26-17+,27-18+. The van der Waals surface area contributed by atoms with Gasteiger partial charge in [0.2, 0.25) is 0 Å². The molecule has 7 rings (SSSR count). The third-order valence-corrected chi connectivity index (χ3v) is 11.2. The van der Waals surface area contributed by atoms with Gasteiger partial charge in [-0.1, -0.05) is 54.6 Å². The summed E-state index contributed by atoms with van der Waals surface area (Å²) in [5.74, 6) is 0. The van der Waals surface area contributed by atoms with E-state index in [-0.39, 0.29) is 16.7 Å². The quantitative estimate of drug-likeness (QED) is 0.0782. The molecule has 3 saturated heterocycles. The van der Waals surface area contributed by atoms with E-state index in [1.807, 2.05) is 72.8 Å². The maximum atomic E-state index is 13.0. The highest BCUT2D eigenvalue weighted by Gasteiger charge is 2.39. The molecule has 0 unspecified atom stereocenters. The highest BCUT2D eigenvalue weighted by atomic mass is 16.6. The van der Waals surface area contributed by atoms with E-state index >= 15 is 0 Å². The van der Waals surface area contributed by atoms with E-state index < -0.39 is 31.8 Å². The Bertz CT molecular complexity index is 1890. The van der Waals surface area contributed by atoms with Crippen LogP contribution in [0.25, 0.3) is 36.5 Å². The molecule has 0 aromatic heterocycles. The largest absolute Gasteiger partial charge is 0.372 e. The van der Waals surface area contributed by atoms with Gasteiger partial charge >= 0.3 is 0 Å². The van der Waals surface area contributed by atoms with Crippen molar-refractivity contribution in [2.45, 2.75) is 57.8 Å². The molecule has 3 aliphatic rings. The van der Waals surface area contributed by atoms with Crippen molar-refractivity contribution in [1.82, 2.24) is 0 Å². The van der Waals surface area contributed by atoms with Crippen LogP contribution >= 0.6 is 0 Å². The second kappa shape index (κ2) is 18.1. The normalized spacial score (nSPS) is 16.5. The zero-order chi connectivity index (χ0) is 39.7. The van der Waals surface area contributed by atoms with Crippen molar-refractivity contribution < 1.29 is 14.8 Å². The Kier molecular flexibility index (Phi) is 12.4. The second-order valence-corrected chi connectivity index (χ2v) is 15.0. The first kappa shape index (κ1) is 39.0. The first-order valence-corrected chi connectivity index (χ1v) is 20.0. The van der Waals surface area contributed by atoms with Crippen molar-refractivity contribution in [1.29, 1.82) is 0 Å². The number of hydrogen-bond acceptors (Lipinski definition) is 9. The van der Waals surface area contributed by atoms with E-state index in [0.717, 1.165) is 94.9 Å². The Labute approximate surface area is 332 Å². The summed E-state index contributed by atoms with van der Waals surface area (Å²) in [4.78, 5) is 43.5. The Balaban J connectivity index is 1.32. The van der Waals surface area contributed by atoms with Gasteiger partial charge in [0.1, 0.15) is 16.7 Å². The summed E-state index contributed by atoms with van der Waals surface area (Å²) in [6.07, 6.45) is 19.1. The lowest BCUT2D eigenvalue weighted by Crippen LogP contribution is -2.29. The molecule has 0 spiro atoms. The summed E-state index contributed by atoms with van der Waals surface area (Å²) in [6.45, 7) is 5.80. The van der Waals surface area contributed by atoms with Gasteiger partial charge in [0.05, 0.1) is 14.8 Å². The molecule has 0 aliphatic carbocycles. The van der Waals surface area contributed by atoms with Gasteiger partial charge in [0.15, 0.2) is 0 Å². The average molecular weight is 769 g/mol. The van der Waals surface area contributed by atoms with Crippen LogP contribution < -0.4 is 14.7 Å². The minimum absolute atomic E-state index is 0.323. The number of hydrogen-bond donors (Lipinski definition) is 0. The van der Waals surface area contributed by atoms with Gasteiger partial charge in [-0.25, -0.2) is 0 Å². The Hall–Kier alpha value is -6.30. The zero-order valence-corrected chi connectivity index (χ0v) is 32.1. The molecule has 3 aliphatic heterocycles. The van der Waals surface area contributed by atoms with Gasteiger partial charge in [-0.2, -0.15) is 0 Å². The monoisotopic (exact) mass is 768 g/mol. The zero-order valence-electron chi connectivity index (χ0n) is 32.1. The third kappa shape index (κ3) is 9.23. The van der Waals surface area contributed by atoms with Crippen LogP contribution in [0.5, 0.6) is 0 Å². The summed E-state index contributed by atoms with van der Waals surface area (Å²) >= 11 is 0. The molecule has 0 N–H and O–H groups in total. The lowest BCUT2D eigenvalue weighted by Gasteiger charge is -2.28. The fourth-order valence-electron chi connectivity index (χ4n) is 8.22. The number of piperidine rings is 3. The molecule has 0 atom stereocenters. The summed E-state index contributed by atoms with van der Waals surface area (Å²) in [5, 5.41) is 38.9. The molecule has 0 amide bonds. The maximum Gasteiger partial charge on any atom is 0.297 e. The second-order valence-electron chi connectivity index (χ2n) is 15.0. The topological polar surface area (TPSA) is 139 Å². The van der Waals surface area contributed by atoms with Crippen molar-refractivity contribution in [2.24, 2.45) is 0 Å². The van der Waals surface area contributed by atoms with E-state index in [1.165, 1.54) is 37.5 Å². The number of nitrogens with zero attached hydrogens (tertiary/aromatic N) is 6. The van der Waals surface area contributed by atoms with Crippen LogP contribution in [0, 0.1) is 30.3 Å². The molecule has 3 fully saturated rings. The molecule has 57 heavy (non-hydrogen) atoms. The van der Waals surface area contributed by atoms with Gasteiger partial charge in [0, 0.05) is 56.3 Å². The van der Waals surface area contributed by atoms with Crippen molar-refractivity contribution in [2.75, 3.05) is 54.0 Å². The highest BCUT2D eigenvalue weighted by molar-refractivity contribution is 5.96. The molecule has 0 bridgehead atoms. The van der Waals surface area contributed by atoms with E-state index in [9.17, 15) is 30.3 Å². The predicted octanol–water partition coefficient (Wildman–Crippen LogP) is 10.9. The lowest BCUT2D eigenvalue weighted by atomic mass is 9.94. The molecule has 4 aromatic carbocycles. The Morgan fingerprint density at radius 2 is 0.579 bits per heavy atom. The number of nitro benzene ring substituents is 3. The van der Waals surface area contributed by atoms with E-state index in [0.29, 0.717) is 16.7 Å². The Morgan fingerprint density at radius 1 is 0.351 bits per heavy atom. The predicted molar refractivity (Wildman–Crippen MR) is 231 cm³/mol. The van der Waals surface area contributed by atoms with Crippen molar-refractivity contribution >= 4 is 70.6 Å². The molecule has 0 saturated carbocycles. The van der Waals surface area contributed by atoms with Crippen LogP contribution in [0.3, 0.4) is 0 Å². The SMILES string of the molecule is O=[N+]([O-])c1c(/C=C/c2ccc(N3CCCCC3)cc2)c([N+](=O)[O-])c(/C=C/c2ccc(N3CCCCC3)cc2)c([N+](=O)[O-])c1/C=C/c1ccc(N2CCCCC2)cc1. The molecular weight excluding hydrogens is 721 g/mol. The fraction of sp³-hybridized carbons (Fsp3) is 0.333. The lowest BCUT2D eigenvalue weighted by molar-refractivity contribution is -0.403. The van der Waals surface area contributed by atoms with E-state index in [2.05, 4.69) is 14.7 Å². The van der Waals surface area contributed by atoms with Crippen molar-refractivity contribution in [3.8, 4) is 0 Å². The molecule has 294 valence electrons. The van der Waals surface area contributed by atoms with Crippen molar-refractivity contribution in [3.05, 3.63) is 137 Å². The van der Waals surface area contributed by atoms with Gasteiger partial charge in [-0.3, -0.25) is 30.3 Å². The van der Waals surface area contributed by atoms with E-state index in [1.54, 1.807) is 18.2 Å². The first-order valence-electron chi connectivity index (χ1n) is 20.0. The number of nitro groups is 3.